The highest BCUT2D eigenvalue weighted by Crippen LogP contribution is 2.28. The Hall–Kier alpha value is -1.45. The Bertz CT molecular complexity index is 687. The first kappa shape index (κ1) is 15.9. The molecule has 9 heteroatoms. The molecule has 0 amide bonds. The monoisotopic (exact) mass is 341 g/mol. The van der Waals surface area contributed by atoms with Crippen LogP contribution < -0.4 is 0 Å². The Morgan fingerprint density at radius 3 is 2.71 bits per heavy atom. The Kier molecular flexibility index (Phi) is 5.32. The second kappa shape index (κ2) is 7.01. The number of Topliss-reactive ketones (excluding diaryl/α,β-unsaturated/α-hetero) is 1. The van der Waals surface area contributed by atoms with Crippen molar-refractivity contribution in [2.75, 3.05) is 12.0 Å². The van der Waals surface area contributed by atoms with E-state index in [4.69, 9.17) is 0 Å². The van der Waals surface area contributed by atoms with Crippen LogP contribution in [0.4, 0.5) is 5.69 Å². The number of hydrogen-bond donors (Lipinski definition) is 0. The first-order valence-corrected chi connectivity index (χ1v) is 8.82. The molecule has 0 saturated carbocycles. The summed E-state index contributed by atoms with van der Waals surface area (Å²) in [5, 5.41) is 18.8. The third-order valence-corrected chi connectivity index (χ3v) is 5.65. The molecule has 21 heavy (non-hydrogen) atoms. The van der Waals surface area contributed by atoms with Gasteiger partial charge in [-0.1, -0.05) is 47.0 Å². The van der Waals surface area contributed by atoms with Crippen LogP contribution in [0, 0.1) is 17.0 Å². The van der Waals surface area contributed by atoms with E-state index >= 15 is 0 Å². The highest BCUT2D eigenvalue weighted by atomic mass is 32.2. The molecule has 0 unspecified atom stereocenters. The molecule has 2 aromatic rings. The minimum absolute atomic E-state index is 0.0357. The Balaban J connectivity index is 2.06. The normalized spacial score (nSPS) is 10.6. The van der Waals surface area contributed by atoms with E-state index < -0.39 is 4.92 Å². The average molecular weight is 341 g/mol. The van der Waals surface area contributed by atoms with Crippen molar-refractivity contribution in [2.24, 2.45) is 0 Å². The first-order chi connectivity index (χ1) is 10.0. The third-order valence-electron chi connectivity index (χ3n) is 2.62. The smallest absolute Gasteiger partial charge is 0.273 e. The number of thioether (sulfide) groups is 2. The SMILES string of the molecule is CSc1nnc(SCC(=O)c2ccc(C)c([N+](=O)[O-])c2)s1. The molecule has 6 nitrogen and oxygen atoms in total. The van der Waals surface area contributed by atoms with Gasteiger partial charge in [-0.3, -0.25) is 14.9 Å². The molecule has 1 aromatic heterocycles. The second-order valence-corrected chi connectivity index (χ2v) is 7.26. The van der Waals surface area contributed by atoms with Crippen molar-refractivity contribution in [1.29, 1.82) is 0 Å². The number of nitro groups is 1. The zero-order chi connectivity index (χ0) is 15.4. The molecule has 1 heterocycles. The van der Waals surface area contributed by atoms with E-state index in [0.29, 0.717) is 15.5 Å². The third kappa shape index (κ3) is 4.02. The molecular weight excluding hydrogens is 330 g/mol. The van der Waals surface area contributed by atoms with Crippen molar-refractivity contribution in [2.45, 2.75) is 15.6 Å². The molecule has 110 valence electrons. The van der Waals surface area contributed by atoms with Gasteiger partial charge in [0, 0.05) is 17.2 Å². The molecular formula is C12H11N3O3S3. The Labute approximate surface area is 133 Å². The highest BCUT2D eigenvalue weighted by molar-refractivity contribution is 8.03. The van der Waals surface area contributed by atoms with Crippen LogP contribution in [0.15, 0.2) is 26.9 Å². The van der Waals surface area contributed by atoms with E-state index in [1.807, 2.05) is 6.26 Å². The number of aryl methyl sites for hydroxylation is 1. The second-order valence-electron chi connectivity index (χ2n) is 4.01. The number of aromatic nitrogens is 2. The number of carbonyl (C=O) groups is 1. The molecule has 0 bridgehead atoms. The summed E-state index contributed by atoms with van der Waals surface area (Å²) in [5.74, 6) is 0.0208. The number of nitrogens with zero attached hydrogens (tertiary/aromatic N) is 3. The first-order valence-electron chi connectivity index (χ1n) is 5.80. The summed E-state index contributed by atoms with van der Waals surface area (Å²) >= 11 is 4.21. The number of carbonyl (C=O) groups excluding carboxylic acids is 1. The lowest BCUT2D eigenvalue weighted by atomic mass is 10.1. The topological polar surface area (TPSA) is 86.0 Å². The molecule has 1 aromatic carbocycles. The number of rotatable bonds is 6. The summed E-state index contributed by atoms with van der Waals surface area (Å²) in [6.07, 6.45) is 1.91. The van der Waals surface area contributed by atoms with E-state index in [0.717, 1.165) is 4.34 Å². The summed E-state index contributed by atoms with van der Waals surface area (Å²) in [4.78, 5) is 22.5. The van der Waals surface area contributed by atoms with Gasteiger partial charge in [0.1, 0.15) is 0 Å². The van der Waals surface area contributed by atoms with E-state index in [2.05, 4.69) is 10.2 Å². The van der Waals surface area contributed by atoms with Crippen molar-refractivity contribution in [3.05, 3.63) is 39.4 Å². The maximum absolute atomic E-state index is 12.1. The summed E-state index contributed by atoms with van der Waals surface area (Å²) in [7, 11) is 0. The van der Waals surface area contributed by atoms with Gasteiger partial charge in [0.25, 0.3) is 5.69 Å². The van der Waals surface area contributed by atoms with Crippen molar-refractivity contribution in [1.82, 2.24) is 10.2 Å². The van der Waals surface area contributed by atoms with Gasteiger partial charge in [-0.2, -0.15) is 0 Å². The van der Waals surface area contributed by atoms with Crippen LogP contribution in [0.2, 0.25) is 0 Å². The van der Waals surface area contributed by atoms with Gasteiger partial charge in [0.05, 0.1) is 10.7 Å². The molecule has 0 atom stereocenters. The maximum atomic E-state index is 12.1. The Morgan fingerprint density at radius 2 is 2.10 bits per heavy atom. The molecule has 0 spiro atoms. The van der Waals surface area contributed by atoms with Crippen molar-refractivity contribution >= 4 is 46.3 Å². The molecule has 0 aliphatic rings. The van der Waals surface area contributed by atoms with E-state index in [-0.39, 0.29) is 17.2 Å². The predicted molar refractivity (Wildman–Crippen MR) is 84.6 cm³/mol. The maximum Gasteiger partial charge on any atom is 0.273 e. The summed E-state index contributed by atoms with van der Waals surface area (Å²) in [5.41, 5.74) is 0.846. The standard InChI is InChI=1S/C12H11N3O3S3/c1-7-3-4-8(5-9(7)15(17)18)10(16)6-20-12-14-13-11(19-2)21-12/h3-5H,6H2,1-2H3. The quantitative estimate of drug-likeness (QED) is 0.344. The molecule has 0 N–H and O–H groups in total. The summed E-state index contributed by atoms with van der Waals surface area (Å²) in [6, 6.07) is 4.52. The fourth-order valence-electron chi connectivity index (χ4n) is 1.53. The van der Waals surface area contributed by atoms with Crippen molar-refractivity contribution in [3.63, 3.8) is 0 Å². The van der Waals surface area contributed by atoms with Crippen molar-refractivity contribution < 1.29 is 9.72 Å². The number of ketones is 1. The number of nitro benzene ring substituents is 1. The minimum Gasteiger partial charge on any atom is -0.293 e. The van der Waals surface area contributed by atoms with Gasteiger partial charge in [-0.15, -0.1) is 10.2 Å². The van der Waals surface area contributed by atoms with Gasteiger partial charge in [-0.05, 0) is 13.2 Å². The van der Waals surface area contributed by atoms with Crippen LogP contribution >= 0.6 is 34.9 Å². The lowest BCUT2D eigenvalue weighted by Gasteiger charge is -2.01. The lowest BCUT2D eigenvalue weighted by molar-refractivity contribution is -0.385. The minimum atomic E-state index is -0.477. The van der Waals surface area contributed by atoms with Gasteiger partial charge in [-0.25, -0.2) is 0 Å². The average Bonchev–Trinajstić information content (AvgIpc) is 2.93. The zero-order valence-electron chi connectivity index (χ0n) is 11.2. The van der Waals surface area contributed by atoms with Gasteiger partial charge in [0.15, 0.2) is 14.5 Å². The highest BCUT2D eigenvalue weighted by Gasteiger charge is 2.16. The molecule has 2 rings (SSSR count). The van der Waals surface area contributed by atoms with Crippen LogP contribution in [0.25, 0.3) is 0 Å². The Morgan fingerprint density at radius 1 is 1.38 bits per heavy atom. The van der Waals surface area contributed by atoms with Crippen LogP contribution in [0.1, 0.15) is 15.9 Å². The summed E-state index contributed by atoms with van der Waals surface area (Å²) < 4.78 is 1.56. The van der Waals surface area contributed by atoms with E-state index in [1.54, 1.807) is 19.1 Å². The lowest BCUT2D eigenvalue weighted by Crippen LogP contribution is -2.04. The van der Waals surface area contributed by atoms with E-state index in [1.165, 1.54) is 40.9 Å². The molecule has 0 radical (unpaired) electrons. The van der Waals surface area contributed by atoms with Crippen LogP contribution in [0.3, 0.4) is 0 Å². The molecule has 0 aliphatic carbocycles. The summed E-state index contributed by atoms with van der Waals surface area (Å²) in [6.45, 7) is 1.65. The van der Waals surface area contributed by atoms with Crippen molar-refractivity contribution in [3.8, 4) is 0 Å². The molecule has 0 aliphatic heterocycles. The predicted octanol–water partition coefficient (Wildman–Crippen LogP) is 3.45. The van der Waals surface area contributed by atoms with Crippen LogP contribution in [-0.2, 0) is 0 Å². The van der Waals surface area contributed by atoms with Gasteiger partial charge >= 0.3 is 0 Å². The number of benzene rings is 1. The largest absolute Gasteiger partial charge is 0.293 e. The fraction of sp³-hybridized carbons (Fsp3) is 0.250. The zero-order valence-corrected chi connectivity index (χ0v) is 13.7. The van der Waals surface area contributed by atoms with Crippen LogP contribution in [-0.4, -0.2) is 32.9 Å². The molecule has 0 saturated heterocycles. The fourth-order valence-corrected chi connectivity index (χ4v) is 3.86. The molecule has 0 fully saturated rings. The number of hydrogen-bond acceptors (Lipinski definition) is 8. The van der Waals surface area contributed by atoms with Gasteiger partial charge in [0.2, 0.25) is 0 Å². The van der Waals surface area contributed by atoms with E-state index in [9.17, 15) is 14.9 Å². The van der Waals surface area contributed by atoms with Gasteiger partial charge < -0.3 is 0 Å². The van der Waals surface area contributed by atoms with Crippen LogP contribution in [0.5, 0.6) is 0 Å².